The van der Waals surface area contributed by atoms with Gasteiger partial charge in [0.15, 0.2) is 5.78 Å². The Balaban J connectivity index is 2.37. The van der Waals surface area contributed by atoms with Crippen LogP contribution in [0.3, 0.4) is 0 Å². The highest BCUT2D eigenvalue weighted by molar-refractivity contribution is 6.35. The lowest BCUT2D eigenvalue weighted by atomic mass is 9.99. The van der Waals surface area contributed by atoms with Crippen LogP contribution in [-0.2, 0) is 4.74 Å². The van der Waals surface area contributed by atoms with Crippen LogP contribution in [0.2, 0.25) is 5.02 Å². The number of allylic oxidation sites excluding steroid dienone is 1. The molecule has 0 atom stereocenters. The summed E-state index contributed by atoms with van der Waals surface area (Å²) >= 11 is 5.81. The first kappa shape index (κ1) is 11.1. The van der Waals surface area contributed by atoms with Crippen molar-refractivity contribution in [2.24, 2.45) is 0 Å². The van der Waals surface area contributed by atoms with Gasteiger partial charge < -0.3 is 4.74 Å². The van der Waals surface area contributed by atoms with E-state index in [1.807, 2.05) is 0 Å². The van der Waals surface area contributed by atoms with Gasteiger partial charge in [0.2, 0.25) is 0 Å². The highest BCUT2D eigenvalue weighted by Crippen LogP contribution is 2.25. The molecule has 84 valence electrons. The van der Waals surface area contributed by atoms with Crippen LogP contribution in [-0.4, -0.2) is 12.4 Å². The first-order chi connectivity index (χ1) is 7.70. The number of hydrogen-bond donors (Lipinski definition) is 0. The van der Waals surface area contributed by atoms with Crippen molar-refractivity contribution >= 4 is 17.4 Å². The minimum Gasteiger partial charge on any atom is -0.501 e. The fourth-order valence-corrected chi connectivity index (χ4v) is 1.86. The van der Waals surface area contributed by atoms with Gasteiger partial charge in [-0.2, -0.15) is 0 Å². The third-order valence-corrected chi connectivity index (χ3v) is 2.73. The van der Waals surface area contributed by atoms with Crippen molar-refractivity contribution in [2.75, 3.05) is 6.61 Å². The summed E-state index contributed by atoms with van der Waals surface area (Å²) in [6.45, 7) is 0.599. The SMILES string of the molecule is O=C(C1=COCCC1)c1c(F)cccc1Cl. The van der Waals surface area contributed by atoms with Crippen molar-refractivity contribution < 1.29 is 13.9 Å². The molecule has 0 unspecified atom stereocenters. The Morgan fingerprint density at radius 2 is 2.25 bits per heavy atom. The summed E-state index contributed by atoms with van der Waals surface area (Å²) in [6.07, 6.45) is 2.77. The average molecular weight is 241 g/mol. The molecule has 0 saturated heterocycles. The molecule has 2 nitrogen and oxygen atoms in total. The second kappa shape index (κ2) is 4.66. The molecule has 0 spiro atoms. The molecular weight excluding hydrogens is 231 g/mol. The number of Topliss-reactive ketones (excluding diaryl/α,β-unsaturated/α-hetero) is 1. The maximum absolute atomic E-state index is 13.5. The van der Waals surface area contributed by atoms with E-state index in [9.17, 15) is 9.18 Å². The number of halogens is 2. The minimum atomic E-state index is -0.594. The van der Waals surface area contributed by atoms with E-state index < -0.39 is 5.82 Å². The van der Waals surface area contributed by atoms with Gasteiger partial charge in [-0.05, 0) is 25.0 Å². The molecule has 16 heavy (non-hydrogen) atoms. The first-order valence-corrected chi connectivity index (χ1v) is 5.37. The highest BCUT2D eigenvalue weighted by Gasteiger charge is 2.21. The molecule has 0 amide bonds. The molecular formula is C12H10ClFO2. The Labute approximate surface area is 97.7 Å². The lowest BCUT2D eigenvalue weighted by Crippen LogP contribution is -2.11. The van der Waals surface area contributed by atoms with E-state index in [1.54, 1.807) is 0 Å². The average Bonchev–Trinajstić information content (AvgIpc) is 2.30. The molecule has 1 aliphatic heterocycles. The molecule has 0 fully saturated rings. The predicted octanol–water partition coefficient (Wildman–Crippen LogP) is 3.36. The maximum atomic E-state index is 13.5. The zero-order valence-corrected chi connectivity index (χ0v) is 9.26. The molecule has 1 aromatic carbocycles. The number of ether oxygens (including phenoxy) is 1. The predicted molar refractivity (Wildman–Crippen MR) is 59.0 cm³/mol. The number of carbonyl (C=O) groups is 1. The monoisotopic (exact) mass is 240 g/mol. The summed E-state index contributed by atoms with van der Waals surface area (Å²) in [6, 6.07) is 4.20. The molecule has 0 bridgehead atoms. The van der Waals surface area contributed by atoms with E-state index in [0.717, 1.165) is 6.42 Å². The van der Waals surface area contributed by atoms with Crippen molar-refractivity contribution in [3.63, 3.8) is 0 Å². The van der Waals surface area contributed by atoms with Crippen molar-refractivity contribution in [3.05, 3.63) is 46.4 Å². The standard InChI is InChI=1S/C12H10ClFO2/c13-9-4-1-5-10(14)11(9)12(15)8-3-2-6-16-7-8/h1,4-5,7H,2-3,6H2. The number of ketones is 1. The van der Waals surface area contributed by atoms with Crippen LogP contribution >= 0.6 is 11.6 Å². The van der Waals surface area contributed by atoms with Gasteiger partial charge in [0.05, 0.1) is 23.5 Å². The lowest BCUT2D eigenvalue weighted by molar-refractivity contribution is 0.101. The quantitative estimate of drug-likeness (QED) is 0.741. The summed E-state index contributed by atoms with van der Waals surface area (Å²) in [5.41, 5.74) is 0.402. The summed E-state index contributed by atoms with van der Waals surface area (Å²) in [5.74, 6) is -0.980. The summed E-state index contributed by atoms with van der Waals surface area (Å²) in [4.78, 5) is 12.0. The number of rotatable bonds is 2. The molecule has 0 radical (unpaired) electrons. The second-order valence-corrected chi connectivity index (χ2v) is 3.95. The smallest absolute Gasteiger partial charge is 0.196 e. The van der Waals surface area contributed by atoms with Crippen LogP contribution < -0.4 is 0 Å². The van der Waals surface area contributed by atoms with E-state index in [0.29, 0.717) is 18.6 Å². The first-order valence-electron chi connectivity index (χ1n) is 4.99. The van der Waals surface area contributed by atoms with E-state index >= 15 is 0 Å². The molecule has 1 aromatic rings. The van der Waals surface area contributed by atoms with Crippen molar-refractivity contribution in [1.29, 1.82) is 0 Å². The van der Waals surface area contributed by atoms with Gasteiger partial charge in [-0.25, -0.2) is 4.39 Å². The largest absolute Gasteiger partial charge is 0.501 e. The van der Waals surface area contributed by atoms with Crippen LogP contribution in [0.4, 0.5) is 4.39 Å². The Morgan fingerprint density at radius 1 is 1.44 bits per heavy atom. The maximum Gasteiger partial charge on any atom is 0.196 e. The molecule has 0 aliphatic carbocycles. The molecule has 0 N–H and O–H groups in total. The Kier molecular flexibility index (Phi) is 3.25. The topological polar surface area (TPSA) is 26.3 Å². The third-order valence-electron chi connectivity index (χ3n) is 2.42. The Morgan fingerprint density at radius 3 is 2.88 bits per heavy atom. The van der Waals surface area contributed by atoms with Crippen LogP contribution in [0.5, 0.6) is 0 Å². The summed E-state index contributed by atoms with van der Waals surface area (Å²) < 4.78 is 18.5. The van der Waals surface area contributed by atoms with Crippen LogP contribution in [0.25, 0.3) is 0 Å². The van der Waals surface area contributed by atoms with Gasteiger partial charge in [0.1, 0.15) is 5.82 Å². The minimum absolute atomic E-state index is 0.0686. The van der Waals surface area contributed by atoms with Gasteiger partial charge in [-0.15, -0.1) is 0 Å². The van der Waals surface area contributed by atoms with Crippen molar-refractivity contribution in [1.82, 2.24) is 0 Å². The van der Waals surface area contributed by atoms with Crippen molar-refractivity contribution in [2.45, 2.75) is 12.8 Å². The zero-order chi connectivity index (χ0) is 11.5. The molecule has 0 aromatic heterocycles. The van der Waals surface area contributed by atoms with Crippen molar-refractivity contribution in [3.8, 4) is 0 Å². The van der Waals surface area contributed by atoms with Crippen LogP contribution in [0.15, 0.2) is 30.0 Å². The molecule has 2 rings (SSSR count). The van der Waals surface area contributed by atoms with E-state index in [-0.39, 0.29) is 16.4 Å². The summed E-state index contributed by atoms with van der Waals surface area (Å²) in [5, 5.41) is 0.136. The zero-order valence-electron chi connectivity index (χ0n) is 8.50. The van der Waals surface area contributed by atoms with E-state index in [1.165, 1.54) is 24.5 Å². The highest BCUT2D eigenvalue weighted by atomic mass is 35.5. The second-order valence-electron chi connectivity index (χ2n) is 3.54. The molecule has 0 saturated carbocycles. The van der Waals surface area contributed by atoms with Gasteiger partial charge in [-0.1, -0.05) is 17.7 Å². The van der Waals surface area contributed by atoms with Crippen LogP contribution in [0.1, 0.15) is 23.2 Å². The fourth-order valence-electron chi connectivity index (χ4n) is 1.61. The molecule has 1 heterocycles. The number of hydrogen-bond acceptors (Lipinski definition) is 2. The molecule has 1 aliphatic rings. The van der Waals surface area contributed by atoms with E-state index in [2.05, 4.69) is 0 Å². The number of benzene rings is 1. The summed E-state index contributed by atoms with van der Waals surface area (Å²) in [7, 11) is 0. The normalized spacial score (nSPS) is 15.2. The Bertz CT molecular complexity index is 434. The molecule has 4 heteroatoms. The van der Waals surface area contributed by atoms with Gasteiger partial charge in [-0.3, -0.25) is 4.79 Å². The lowest BCUT2D eigenvalue weighted by Gasteiger charge is -2.13. The van der Waals surface area contributed by atoms with Gasteiger partial charge in [0.25, 0.3) is 0 Å². The van der Waals surface area contributed by atoms with Crippen LogP contribution in [0, 0.1) is 5.82 Å². The number of carbonyl (C=O) groups excluding carboxylic acids is 1. The Hall–Kier alpha value is -1.35. The van der Waals surface area contributed by atoms with E-state index in [4.69, 9.17) is 16.3 Å². The van der Waals surface area contributed by atoms with Gasteiger partial charge in [0, 0.05) is 5.57 Å². The van der Waals surface area contributed by atoms with Gasteiger partial charge >= 0.3 is 0 Å². The third kappa shape index (κ3) is 2.09. The fraction of sp³-hybridized carbons (Fsp3) is 0.250.